The summed E-state index contributed by atoms with van der Waals surface area (Å²) >= 11 is 3.36. The monoisotopic (exact) mass is 335 g/mol. The first-order valence-corrected chi connectivity index (χ1v) is 6.49. The summed E-state index contributed by atoms with van der Waals surface area (Å²) in [5, 5.41) is 10.5. The molecule has 0 bridgehead atoms. The average Bonchev–Trinajstić information content (AvgIpc) is 2.43. The Morgan fingerprint density at radius 2 is 1.85 bits per heavy atom. The molecule has 0 unspecified atom stereocenters. The lowest BCUT2D eigenvalue weighted by atomic mass is 10.2. The van der Waals surface area contributed by atoms with Crippen LogP contribution in [-0.2, 0) is 0 Å². The number of nitro groups is 1. The van der Waals surface area contributed by atoms with E-state index < -0.39 is 10.9 Å². The number of benzene rings is 2. The largest absolute Gasteiger partial charge is 0.423 e. The molecule has 5 nitrogen and oxygen atoms in total. The van der Waals surface area contributed by atoms with Crippen LogP contribution in [0, 0.1) is 17.0 Å². The van der Waals surface area contributed by atoms with Crippen LogP contribution in [0.2, 0.25) is 0 Å². The quantitative estimate of drug-likeness (QED) is 0.369. The first-order chi connectivity index (χ1) is 9.47. The fraction of sp³-hybridized carbons (Fsp3) is 0.0714. The highest BCUT2D eigenvalue weighted by Crippen LogP contribution is 2.22. The topological polar surface area (TPSA) is 69.4 Å². The molecule has 0 saturated heterocycles. The van der Waals surface area contributed by atoms with E-state index in [-0.39, 0.29) is 11.3 Å². The molecule has 0 amide bonds. The van der Waals surface area contributed by atoms with E-state index in [1.807, 2.05) is 6.92 Å². The summed E-state index contributed by atoms with van der Waals surface area (Å²) in [6, 6.07) is 10.5. The van der Waals surface area contributed by atoms with Gasteiger partial charge in [-0.3, -0.25) is 10.1 Å². The van der Waals surface area contributed by atoms with Crippen LogP contribution in [0.5, 0.6) is 5.75 Å². The van der Waals surface area contributed by atoms with Crippen LogP contribution in [0.1, 0.15) is 15.9 Å². The van der Waals surface area contributed by atoms with Gasteiger partial charge in [-0.1, -0.05) is 15.9 Å². The van der Waals surface area contributed by atoms with E-state index in [0.717, 1.165) is 10.0 Å². The number of nitro benzene ring substituents is 1. The van der Waals surface area contributed by atoms with Gasteiger partial charge in [-0.25, -0.2) is 4.79 Å². The number of carbonyl (C=O) groups excluding carboxylic acids is 1. The van der Waals surface area contributed by atoms with E-state index in [2.05, 4.69) is 15.9 Å². The Hall–Kier alpha value is -2.21. The number of rotatable bonds is 3. The standard InChI is InChI=1S/C14H10BrNO4/c1-9-8-12(6-7-13(9)15)20-14(17)10-2-4-11(5-3-10)16(18)19/h2-8H,1H3. The zero-order valence-corrected chi connectivity index (χ0v) is 12.1. The van der Waals surface area contributed by atoms with Gasteiger partial charge < -0.3 is 4.74 Å². The fourth-order valence-electron chi connectivity index (χ4n) is 1.57. The number of aryl methyl sites for hydroxylation is 1. The Morgan fingerprint density at radius 1 is 1.20 bits per heavy atom. The summed E-state index contributed by atoms with van der Waals surface area (Å²) in [4.78, 5) is 21.9. The zero-order chi connectivity index (χ0) is 14.7. The van der Waals surface area contributed by atoms with E-state index in [1.54, 1.807) is 18.2 Å². The van der Waals surface area contributed by atoms with Gasteiger partial charge in [0, 0.05) is 16.6 Å². The van der Waals surface area contributed by atoms with Crippen LogP contribution in [0.4, 0.5) is 5.69 Å². The summed E-state index contributed by atoms with van der Waals surface area (Å²) in [6.45, 7) is 1.88. The molecule has 0 spiro atoms. The first-order valence-electron chi connectivity index (χ1n) is 5.70. The van der Waals surface area contributed by atoms with Gasteiger partial charge in [0.05, 0.1) is 10.5 Å². The number of carbonyl (C=O) groups is 1. The third-order valence-corrected chi connectivity index (χ3v) is 3.54. The number of hydrogen-bond acceptors (Lipinski definition) is 4. The molecule has 0 aliphatic carbocycles. The minimum absolute atomic E-state index is 0.0685. The number of hydrogen-bond donors (Lipinski definition) is 0. The molecule has 0 N–H and O–H groups in total. The molecule has 0 aliphatic heterocycles. The van der Waals surface area contributed by atoms with Crippen LogP contribution in [0.3, 0.4) is 0 Å². The lowest BCUT2D eigenvalue weighted by molar-refractivity contribution is -0.384. The molecule has 2 aromatic carbocycles. The van der Waals surface area contributed by atoms with Gasteiger partial charge in [-0.2, -0.15) is 0 Å². The van der Waals surface area contributed by atoms with Gasteiger partial charge in [0.25, 0.3) is 5.69 Å². The molecule has 0 aromatic heterocycles. The summed E-state index contributed by atoms with van der Waals surface area (Å²) < 4.78 is 6.13. The molecule has 2 aromatic rings. The number of esters is 1. The van der Waals surface area contributed by atoms with Crippen molar-refractivity contribution in [1.82, 2.24) is 0 Å². The maximum Gasteiger partial charge on any atom is 0.343 e. The smallest absolute Gasteiger partial charge is 0.343 e. The van der Waals surface area contributed by atoms with Gasteiger partial charge in [-0.05, 0) is 42.8 Å². The van der Waals surface area contributed by atoms with Crippen LogP contribution < -0.4 is 4.74 Å². The highest BCUT2D eigenvalue weighted by molar-refractivity contribution is 9.10. The van der Waals surface area contributed by atoms with Crippen LogP contribution in [0.25, 0.3) is 0 Å². The van der Waals surface area contributed by atoms with Crippen molar-refractivity contribution < 1.29 is 14.5 Å². The van der Waals surface area contributed by atoms with E-state index in [4.69, 9.17) is 4.74 Å². The van der Waals surface area contributed by atoms with Gasteiger partial charge >= 0.3 is 5.97 Å². The number of ether oxygens (including phenoxy) is 1. The molecule has 0 atom stereocenters. The number of halogens is 1. The average molecular weight is 336 g/mol. The lowest BCUT2D eigenvalue weighted by Gasteiger charge is -2.06. The third-order valence-electron chi connectivity index (χ3n) is 2.65. The maximum absolute atomic E-state index is 11.9. The Labute approximate surface area is 123 Å². The normalized spacial score (nSPS) is 10.1. The van der Waals surface area contributed by atoms with Gasteiger partial charge in [0.1, 0.15) is 5.75 Å². The van der Waals surface area contributed by atoms with Crippen LogP contribution in [0.15, 0.2) is 46.9 Å². The summed E-state index contributed by atoms with van der Waals surface area (Å²) in [5.41, 5.74) is 1.14. The first kappa shape index (κ1) is 14.2. The van der Waals surface area contributed by atoms with Crippen molar-refractivity contribution in [1.29, 1.82) is 0 Å². The van der Waals surface area contributed by atoms with Crippen molar-refractivity contribution in [2.75, 3.05) is 0 Å². The SMILES string of the molecule is Cc1cc(OC(=O)c2ccc([N+](=O)[O-])cc2)ccc1Br. The van der Waals surface area contributed by atoms with Crippen molar-refractivity contribution in [2.24, 2.45) is 0 Å². The van der Waals surface area contributed by atoms with Gasteiger partial charge in [0.15, 0.2) is 0 Å². The summed E-state index contributed by atoms with van der Waals surface area (Å²) in [5.74, 6) is -0.129. The Balaban J connectivity index is 2.15. The molecule has 0 heterocycles. The minimum atomic E-state index is -0.554. The van der Waals surface area contributed by atoms with Crippen LogP contribution in [-0.4, -0.2) is 10.9 Å². The van der Waals surface area contributed by atoms with Crippen molar-refractivity contribution in [3.8, 4) is 5.75 Å². The molecule has 0 saturated carbocycles. The predicted molar refractivity (Wildman–Crippen MR) is 76.9 cm³/mol. The minimum Gasteiger partial charge on any atom is -0.423 e. The third kappa shape index (κ3) is 3.21. The molecule has 102 valence electrons. The summed E-state index contributed by atoms with van der Waals surface area (Å²) in [6.07, 6.45) is 0. The number of nitrogens with zero attached hydrogens (tertiary/aromatic N) is 1. The second kappa shape index (κ2) is 5.83. The number of non-ortho nitro benzene ring substituents is 1. The molecule has 2 rings (SSSR count). The molecular weight excluding hydrogens is 326 g/mol. The van der Waals surface area contributed by atoms with Crippen molar-refractivity contribution in [2.45, 2.75) is 6.92 Å². The van der Waals surface area contributed by atoms with Crippen molar-refractivity contribution >= 4 is 27.6 Å². The van der Waals surface area contributed by atoms with E-state index in [0.29, 0.717) is 5.75 Å². The van der Waals surface area contributed by atoms with Crippen LogP contribution >= 0.6 is 15.9 Å². The molecular formula is C14H10BrNO4. The lowest BCUT2D eigenvalue weighted by Crippen LogP contribution is -2.08. The van der Waals surface area contributed by atoms with E-state index in [1.165, 1.54) is 24.3 Å². The molecule has 20 heavy (non-hydrogen) atoms. The Bertz CT molecular complexity index is 667. The Kier molecular flexibility index (Phi) is 4.14. The second-order valence-corrected chi connectivity index (χ2v) is 4.96. The second-order valence-electron chi connectivity index (χ2n) is 4.10. The fourth-order valence-corrected chi connectivity index (χ4v) is 1.81. The molecule has 6 heteroatoms. The summed E-state index contributed by atoms with van der Waals surface area (Å²) in [7, 11) is 0. The van der Waals surface area contributed by atoms with Gasteiger partial charge in [0.2, 0.25) is 0 Å². The predicted octanol–water partition coefficient (Wildman–Crippen LogP) is 3.88. The van der Waals surface area contributed by atoms with Crippen molar-refractivity contribution in [3.05, 3.63) is 68.2 Å². The molecule has 0 aliphatic rings. The van der Waals surface area contributed by atoms with Crippen molar-refractivity contribution in [3.63, 3.8) is 0 Å². The zero-order valence-electron chi connectivity index (χ0n) is 10.5. The highest BCUT2D eigenvalue weighted by atomic mass is 79.9. The maximum atomic E-state index is 11.9. The Morgan fingerprint density at radius 3 is 2.40 bits per heavy atom. The molecule has 0 radical (unpaired) electrons. The molecule has 0 fully saturated rings. The van der Waals surface area contributed by atoms with E-state index in [9.17, 15) is 14.9 Å². The van der Waals surface area contributed by atoms with E-state index >= 15 is 0 Å². The van der Waals surface area contributed by atoms with Gasteiger partial charge in [-0.15, -0.1) is 0 Å². The highest BCUT2D eigenvalue weighted by Gasteiger charge is 2.11.